The summed E-state index contributed by atoms with van der Waals surface area (Å²) in [5.41, 5.74) is 4.67. The van der Waals surface area contributed by atoms with Crippen LogP contribution in [0.25, 0.3) is 21.7 Å². The molecule has 4 heteroatoms. The van der Waals surface area contributed by atoms with Crippen LogP contribution >= 0.6 is 11.3 Å². The maximum Gasteiger partial charge on any atom is 0.150 e. The van der Waals surface area contributed by atoms with Crippen LogP contribution in [0.3, 0.4) is 0 Å². The zero-order valence-corrected chi connectivity index (χ0v) is 10.9. The number of rotatable bonds is 1. The van der Waals surface area contributed by atoms with Crippen LogP contribution in [0.2, 0.25) is 0 Å². The van der Waals surface area contributed by atoms with Crippen LogP contribution in [0.15, 0.2) is 18.3 Å². The van der Waals surface area contributed by atoms with Crippen LogP contribution in [0.4, 0.5) is 0 Å². The van der Waals surface area contributed by atoms with Crippen LogP contribution in [-0.4, -0.2) is 15.0 Å². The molecule has 2 heterocycles. The van der Waals surface area contributed by atoms with E-state index in [0.29, 0.717) is 0 Å². The number of aromatic nitrogens is 3. The Labute approximate surface area is 104 Å². The van der Waals surface area contributed by atoms with E-state index in [1.807, 2.05) is 13.1 Å². The van der Waals surface area contributed by atoms with E-state index < -0.39 is 0 Å². The van der Waals surface area contributed by atoms with E-state index >= 15 is 0 Å². The summed E-state index contributed by atoms with van der Waals surface area (Å²) in [7, 11) is 0. The molecule has 0 saturated heterocycles. The Morgan fingerprint density at radius 2 is 1.88 bits per heavy atom. The number of imidazole rings is 1. The molecular weight excluding hydrogens is 230 g/mol. The fourth-order valence-electron chi connectivity index (χ4n) is 1.86. The second kappa shape index (κ2) is 3.67. The highest BCUT2D eigenvalue weighted by atomic mass is 32.1. The van der Waals surface area contributed by atoms with E-state index in [1.165, 1.54) is 11.1 Å². The van der Waals surface area contributed by atoms with Crippen LogP contribution in [0.5, 0.6) is 0 Å². The minimum absolute atomic E-state index is 0.913. The van der Waals surface area contributed by atoms with Gasteiger partial charge in [-0.3, -0.25) is 0 Å². The van der Waals surface area contributed by atoms with E-state index in [9.17, 15) is 0 Å². The molecule has 0 unspecified atom stereocenters. The van der Waals surface area contributed by atoms with Gasteiger partial charge in [-0.15, -0.1) is 11.3 Å². The van der Waals surface area contributed by atoms with Crippen LogP contribution < -0.4 is 0 Å². The molecule has 0 saturated carbocycles. The van der Waals surface area contributed by atoms with E-state index in [4.69, 9.17) is 0 Å². The number of nitrogens with zero attached hydrogens (tertiary/aromatic N) is 2. The van der Waals surface area contributed by atoms with Crippen molar-refractivity contribution >= 4 is 22.4 Å². The van der Waals surface area contributed by atoms with Gasteiger partial charge in [-0.05, 0) is 44.0 Å². The van der Waals surface area contributed by atoms with Crippen LogP contribution in [0, 0.1) is 20.8 Å². The Kier molecular flexibility index (Phi) is 2.26. The Hall–Kier alpha value is -1.68. The first-order valence-electron chi connectivity index (χ1n) is 5.53. The molecule has 86 valence electrons. The highest BCUT2D eigenvalue weighted by molar-refractivity contribution is 7.14. The first-order valence-corrected chi connectivity index (χ1v) is 6.35. The first kappa shape index (κ1) is 10.5. The van der Waals surface area contributed by atoms with Crippen molar-refractivity contribution in [2.24, 2.45) is 0 Å². The summed E-state index contributed by atoms with van der Waals surface area (Å²) in [4.78, 5) is 13.3. The minimum atomic E-state index is 0.913. The van der Waals surface area contributed by atoms with E-state index in [0.717, 1.165) is 26.7 Å². The van der Waals surface area contributed by atoms with Gasteiger partial charge in [0.15, 0.2) is 0 Å². The standard InChI is InChI=1S/C13H13N3S/c1-7-4-10-11(5-8(7)2)16-13(15-10)12-6-14-9(3)17-12/h4-6H,1-3H3,(H,15,16). The fraction of sp³-hybridized carbons (Fsp3) is 0.231. The molecule has 0 aliphatic carbocycles. The predicted molar refractivity (Wildman–Crippen MR) is 71.4 cm³/mol. The monoisotopic (exact) mass is 243 g/mol. The van der Waals surface area contributed by atoms with Gasteiger partial charge in [0.2, 0.25) is 0 Å². The van der Waals surface area contributed by atoms with Gasteiger partial charge in [-0.2, -0.15) is 0 Å². The third kappa shape index (κ3) is 1.74. The molecule has 0 radical (unpaired) electrons. The molecule has 0 bridgehead atoms. The molecule has 3 rings (SSSR count). The predicted octanol–water partition coefficient (Wildman–Crippen LogP) is 3.61. The normalized spacial score (nSPS) is 11.2. The molecule has 3 aromatic rings. The molecule has 0 fully saturated rings. The number of nitrogens with one attached hydrogen (secondary N) is 1. The number of H-pyrrole nitrogens is 1. The molecule has 17 heavy (non-hydrogen) atoms. The van der Waals surface area contributed by atoms with Crippen molar-refractivity contribution in [3.8, 4) is 10.7 Å². The Morgan fingerprint density at radius 3 is 2.59 bits per heavy atom. The highest BCUT2D eigenvalue weighted by Gasteiger charge is 2.08. The minimum Gasteiger partial charge on any atom is -0.337 e. The van der Waals surface area contributed by atoms with Crippen molar-refractivity contribution in [3.63, 3.8) is 0 Å². The van der Waals surface area contributed by atoms with E-state index in [2.05, 4.69) is 40.9 Å². The molecule has 1 N–H and O–H groups in total. The summed E-state index contributed by atoms with van der Waals surface area (Å²) in [5.74, 6) is 0.913. The van der Waals surface area contributed by atoms with Crippen molar-refractivity contribution in [2.75, 3.05) is 0 Å². The summed E-state index contributed by atoms with van der Waals surface area (Å²) in [6.45, 7) is 6.23. The zero-order chi connectivity index (χ0) is 12.0. The third-order valence-corrected chi connectivity index (χ3v) is 3.87. The summed E-state index contributed by atoms with van der Waals surface area (Å²) in [6.07, 6.45) is 1.87. The number of thiazole rings is 1. The first-order chi connectivity index (χ1) is 8.13. The lowest BCUT2D eigenvalue weighted by Crippen LogP contribution is -1.79. The number of fused-ring (bicyclic) bond motifs is 1. The van der Waals surface area contributed by atoms with Gasteiger partial charge in [-0.1, -0.05) is 0 Å². The van der Waals surface area contributed by atoms with Crippen molar-refractivity contribution in [3.05, 3.63) is 34.5 Å². The molecule has 0 aliphatic heterocycles. The molecule has 0 spiro atoms. The maximum atomic E-state index is 4.61. The van der Waals surface area contributed by atoms with Crippen molar-refractivity contribution in [1.82, 2.24) is 15.0 Å². The number of hydrogen-bond acceptors (Lipinski definition) is 3. The van der Waals surface area contributed by atoms with Gasteiger partial charge in [0.1, 0.15) is 5.82 Å². The Bertz CT molecular complexity index is 655. The number of aromatic amines is 1. The third-order valence-electron chi connectivity index (χ3n) is 2.95. The average molecular weight is 243 g/mol. The van der Waals surface area contributed by atoms with E-state index in [1.54, 1.807) is 11.3 Å². The fourth-order valence-corrected chi connectivity index (χ4v) is 2.58. The zero-order valence-electron chi connectivity index (χ0n) is 10.0. The lowest BCUT2D eigenvalue weighted by atomic mass is 10.1. The molecule has 1 aromatic carbocycles. The van der Waals surface area contributed by atoms with Gasteiger partial charge in [0.25, 0.3) is 0 Å². The second-order valence-electron chi connectivity index (χ2n) is 4.28. The molecule has 2 aromatic heterocycles. The van der Waals surface area contributed by atoms with Crippen LogP contribution in [0.1, 0.15) is 16.1 Å². The van der Waals surface area contributed by atoms with Crippen molar-refractivity contribution in [1.29, 1.82) is 0 Å². The van der Waals surface area contributed by atoms with E-state index in [-0.39, 0.29) is 0 Å². The van der Waals surface area contributed by atoms with Crippen molar-refractivity contribution < 1.29 is 0 Å². The molecule has 0 atom stereocenters. The quantitative estimate of drug-likeness (QED) is 0.709. The summed E-state index contributed by atoms with van der Waals surface area (Å²) < 4.78 is 0. The largest absolute Gasteiger partial charge is 0.337 e. The van der Waals surface area contributed by atoms with Crippen LogP contribution in [-0.2, 0) is 0 Å². The van der Waals surface area contributed by atoms with Gasteiger partial charge in [0, 0.05) is 6.20 Å². The number of hydrogen-bond donors (Lipinski definition) is 1. The summed E-state index contributed by atoms with van der Waals surface area (Å²) >= 11 is 1.66. The Morgan fingerprint density at radius 1 is 1.12 bits per heavy atom. The van der Waals surface area contributed by atoms with Gasteiger partial charge < -0.3 is 4.98 Å². The lowest BCUT2D eigenvalue weighted by molar-refractivity contribution is 1.28. The SMILES string of the molecule is Cc1ncc(-c2nc3cc(C)c(C)cc3[nH]2)s1. The maximum absolute atomic E-state index is 4.61. The molecule has 0 aliphatic rings. The molecule has 3 nitrogen and oxygen atoms in total. The van der Waals surface area contributed by atoms with Gasteiger partial charge in [-0.25, -0.2) is 9.97 Å². The lowest BCUT2D eigenvalue weighted by Gasteiger charge is -1.97. The summed E-state index contributed by atoms with van der Waals surface area (Å²) in [5, 5.41) is 1.06. The smallest absolute Gasteiger partial charge is 0.150 e. The van der Waals surface area contributed by atoms with Gasteiger partial charge >= 0.3 is 0 Å². The molecular formula is C13H13N3S. The number of aryl methyl sites for hydroxylation is 3. The summed E-state index contributed by atoms with van der Waals surface area (Å²) in [6, 6.07) is 4.27. The van der Waals surface area contributed by atoms with Crippen molar-refractivity contribution in [2.45, 2.75) is 20.8 Å². The highest BCUT2D eigenvalue weighted by Crippen LogP contribution is 2.26. The topological polar surface area (TPSA) is 41.6 Å². The average Bonchev–Trinajstić information content (AvgIpc) is 2.85. The van der Waals surface area contributed by atoms with Gasteiger partial charge in [0.05, 0.1) is 20.9 Å². The number of benzene rings is 1. The molecule has 0 amide bonds. The Balaban J connectivity index is 2.19. The second-order valence-corrected chi connectivity index (χ2v) is 5.52.